The number of carbonyl (C=O) groups excluding carboxylic acids is 1. The first-order valence-electron chi connectivity index (χ1n) is 9.05. The summed E-state index contributed by atoms with van der Waals surface area (Å²) in [7, 11) is 2.06. The number of rotatable bonds is 7. The average molecular weight is 335 g/mol. The lowest BCUT2D eigenvalue weighted by Gasteiger charge is -2.31. The van der Waals surface area contributed by atoms with Crippen molar-refractivity contribution in [3.05, 3.63) is 29.8 Å². The maximum absolute atomic E-state index is 12.2. The zero-order valence-corrected chi connectivity index (χ0v) is 15.5. The fourth-order valence-corrected chi connectivity index (χ4v) is 3.32. The molecule has 5 nitrogen and oxygen atoms in total. The lowest BCUT2D eigenvalue weighted by Crippen LogP contribution is -3.18. The third kappa shape index (κ3) is 6.59. The van der Waals surface area contributed by atoms with Crippen LogP contribution in [0.1, 0.15) is 19.4 Å². The van der Waals surface area contributed by atoms with E-state index in [1.54, 1.807) is 4.90 Å². The molecule has 2 rings (SSSR count). The van der Waals surface area contributed by atoms with Crippen LogP contribution in [0.25, 0.3) is 0 Å². The molecule has 24 heavy (non-hydrogen) atoms. The number of carbonyl (C=O) groups is 1. The second kappa shape index (κ2) is 9.16. The van der Waals surface area contributed by atoms with Crippen LogP contribution in [-0.2, 0) is 9.53 Å². The van der Waals surface area contributed by atoms with E-state index in [9.17, 15) is 4.79 Å². The molecule has 0 spiro atoms. The van der Waals surface area contributed by atoms with Crippen molar-refractivity contribution in [1.29, 1.82) is 0 Å². The molecule has 1 heterocycles. The van der Waals surface area contributed by atoms with Crippen molar-refractivity contribution < 1.29 is 19.3 Å². The molecule has 3 N–H and O–H groups in total. The molecule has 134 valence electrons. The molecule has 0 saturated carbocycles. The van der Waals surface area contributed by atoms with Gasteiger partial charge >= 0.3 is 0 Å². The highest BCUT2D eigenvalue weighted by Crippen LogP contribution is 2.07. The zero-order chi connectivity index (χ0) is 17.5. The molecular weight excluding hydrogens is 302 g/mol. The molecule has 0 radical (unpaired) electrons. The first kappa shape index (κ1) is 18.9. The summed E-state index contributed by atoms with van der Waals surface area (Å²) in [6.45, 7) is 12.1. The topological polar surface area (TPSA) is 47.2 Å². The van der Waals surface area contributed by atoms with Crippen LogP contribution in [0, 0.1) is 12.8 Å². The molecule has 0 aromatic heterocycles. The lowest BCUT2D eigenvalue weighted by atomic mass is 10.1. The zero-order valence-electron chi connectivity index (χ0n) is 15.5. The Morgan fingerprint density at radius 1 is 1.38 bits per heavy atom. The number of likely N-dealkylation sites (N-methyl/N-ethyl adjacent to an activating group) is 1. The SMILES string of the molecule is Cc1ccc(NC(=O)C[NH+](C)C[C@@H]2C[NH+](CC(C)C)CCO2)cc1. The Morgan fingerprint density at radius 3 is 2.75 bits per heavy atom. The minimum absolute atomic E-state index is 0.0542. The van der Waals surface area contributed by atoms with E-state index in [1.165, 1.54) is 17.0 Å². The van der Waals surface area contributed by atoms with Gasteiger partial charge in [0.05, 0.1) is 20.2 Å². The van der Waals surface area contributed by atoms with Crippen molar-refractivity contribution >= 4 is 11.6 Å². The van der Waals surface area contributed by atoms with Crippen LogP contribution in [0.2, 0.25) is 0 Å². The van der Waals surface area contributed by atoms with Gasteiger partial charge in [-0.2, -0.15) is 0 Å². The molecule has 1 aromatic carbocycles. The van der Waals surface area contributed by atoms with Crippen molar-refractivity contribution in [3.8, 4) is 0 Å². The fraction of sp³-hybridized carbons (Fsp3) is 0.632. The number of amides is 1. The van der Waals surface area contributed by atoms with Crippen LogP contribution >= 0.6 is 0 Å². The van der Waals surface area contributed by atoms with Gasteiger partial charge in [0.25, 0.3) is 5.91 Å². The van der Waals surface area contributed by atoms with Crippen molar-refractivity contribution in [3.63, 3.8) is 0 Å². The Bertz CT molecular complexity index is 516. The van der Waals surface area contributed by atoms with Gasteiger partial charge in [0.1, 0.15) is 19.6 Å². The van der Waals surface area contributed by atoms with E-state index in [0.29, 0.717) is 12.5 Å². The average Bonchev–Trinajstić information content (AvgIpc) is 2.49. The molecule has 1 aromatic rings. The van der Waals surface area contributed by atoms with Gasteiger partial charge < -0.3 is 19.9 Å². The molecule has 1 saturated heterocycles. The number of quaternary nitrogens is 2. The van der Waals surface area contributed by atoms with Gasteiger partial charge in [0, 0.05) is 11.6 Å². The predicted molar refractivity (Wildman–Crippen MR) is 96.6 cm³/mol. The minimum Gasteiger partial charge on any atom is -0.361 e. The number of anilines is 1. The summed E-state index contributed by atoms with van der Waals surface area (Å²) in [5.74, 6) is 0.766. The summed E-state index contributed by atoms with van der Waals surface area (Å²) in [4.78, 5) is 15.0. The molecule has 5 heteroatoms. The van der Waals surface area contributed by atoms with Gasteiger partial charge in [0.2, 0.25) is 0 Å². The van der Waals surface area contributed by atoms with Crippen LogP contribution in [0.5, 0.6) is 0 Å². The number of nitrogens with one attached hydrogen (secondary N) is 3. The highest BCUT2D eigenvalue weighted by atomic mass is 16.5. The normalized spacial score (nSPS) is 22.4. The number of benzene rings is 1. The van der Waals surface area contributed by atoms with Gasteiger partial charge in [-0.15, -0.1) is 0 Å². The van der Waals surface area contributed by atoms with E-state index in [0.717, 1.165) is 31.9 Å². The summed E-state index contributed by atoms with van der Waals surface area (Å²) >= 11 is 0. The largest absolute Gasteiger partial charge is 0.361 e. The standard InChI is InChI=1S/C19H31N3O2/c1-15(2)11-22-9-10-24-18(13-22)12-21(4)14-19(23)20-17-7-5-16(3)6-8-17/h5-8,15,18H,9-14H2,1-4H3,(H,20,23)/p+2/t18-/m1/s1. The fourth-order valence-electron chi connectivity index (χ4n) is 3.32. The first-order chi connectivity index (χ1) is 11.4. The van der Waals surface area contributed by atoms with Crippen LogP contribution in [0.4, 0.5) is 5.69 Å². The number of morpholine rings is 1. The first-order valence-corrected chi connectivity index (χ1v) is 9.05. The monoisotopic (exact) mass is 335 g/mol. The summed E-state index contributed by atoms with van der Waals surface area (Å²) in [5, 5.41) is 2.97. The smallest absolute Gasteiger partial charge is 0.279 e. The molecule has 1 amide bonds. The molecule has 1 fully saturated rings. The van der Waals surface area contributed by atoms with Crippen molar-refractivity contribution in [2.75, 3.05) is 51.7 Å². The summed E-state index contributed by atoms with van der Waals surface area (Å²) in [6, 6.07) is 7.90. The Morgan fingerprint density at radius 2 is 2.08 bits per heavy atom. The van der Waals surface area contributed by atoms with Crippen molar-refractivity contribution in [2.45, 2.75) is 26.9 Å². The minimum atomic E-state index is 0.0542. The van der Waals surface area contributed by atoms with E-state index in [1.807, 2.05) is 31.2 Å². The van der Waals surface area contributed by atoms with Crippen LogP contribution < -0.4 is 15.1 Å². The van der Waals surface area contributed by atoms with Gasteiger partial charge in [-0.3, -0.25) is 4.79 Å². The molecule has 2 unspecified atom stereocenters. The van der Waals surface area contributed by atoms with E-state index in [4.69, 9.17) is 4.74 Å². The van der Waals surface area contributed by atoms with E-state index < -0.39 is 0 Å². The van der Waals surface area contributed by atoms with Crippen LogP contribution in [0.15, 0.2) is 24.3 Å². The molecule has 1 aliphatic heterocycles. The molecule has 1 aliphatic rings. The molecule has 3 atom stereocenters. The van der Waals surface area contributed by atoms with Crippen LogP contribution in [0.3, 0.4) is 0 Å². The Hall–Kier alpha value is -1.43. The molecule has 0 aliphatic carbocycles. The quantitative estimate of drug-likeness (QED) is 0.622. The van der Waals surface area contributed by atoms with Crippen LogP contribution in [-0.4, -0.2) is 58.4 Å². The Balaban J connectivity index is 1.74. The van der Waals surface area contributed by atoms with Crippen molar-refractivity contribution in [1.82, 2.24) is 0 Å². The summed E-state index contributed by atoms with van der Waals surface area (Å²) in [6.07, 6.45) is 0.250. The maximum atomic E-state index is 12.2. The summed E-state index contributed by atoms with van der Waals surface area (Å²) < 4.78 is 5.90. The number of aryl methyl sites for hydroxylation is 1. The third-order valence-electron chi connectivity index (χ3n) is 4.40. The highest BCUT2D eigenvalue weighted by molar-refractivity contribution is 5.91. The Labute approximate surface area is 146 Å². The highest BCUT2D eigenvalue weighted by Gasteiger charge is 2.27. The third-order valence-corrected chi connectivity index (χ3v) is 4.40. The number of ether oxygens (including phenoxy) is 1. The van der Waals surface area contributed by atoms with Gasteiger partial charge in [0.15, 0.2) is 12.6 Å². The van der Waals surface area contributed by atoms with E-state index >= 15 is 0 Å². The summed E-state index contributed by atoms with van der Waals surface area (Å²) in [5.41, 5.74) is 2.05. The molecular formula is C19H33N3O2+2. The van der Waals surface area contributed by atoms with Crippen molar-refractivity contribution in [2.24, 2.45) is 5.92 Å². The van der Waals surface area contributed by atoms with E-state index in [-0.39, 0.29) is 12.0 Å². The molecule has 0 bridgehead atoms. The van der Waals surface area contributed by atoms with E-state index in [2.05, 4.69) is 26.2 Å². The van der Waals surface area contributed by atoms with Gasteiger partial charge in [-0.1, -0.05) is 31.5 Å². The predicted octanol–water partition coefficient (Wildman–Crippen LogP) is -0.612. The number of hydrogen-bond donors (Lipinski definition) is 3. The lowest BCUT2D eigenvalue weighted by molar-refractivity contribution is -0.926. The Kier molecular flexibility index (Phi) is 7.21. The second-order valence-corrected chi connectivity index (χ2v) is 7.55. The van der Waals surface area contributed by atoms with Gasteiger partial charge in [-0.25, -0.2) is 0 Å². The second-order valence-electron chi connectivity index (χ2n) is 7.55. The number of hydrogen-bond acceptors (Lipinski definition) is 2. The maximum Gasteiger partial charge on any atom is 0.279 e. The van der Waals surface area contributed by atoms with Gasteiger partial charge in [-0.05, 0) is 19.1 Å².